The smallest absolute Gasteiger partial charge is 0.213 e. The maximum absolute atomic E-state index is 11.9. The fraction of sp³-hybridized carbons (Fsp3) is 0.400. The van der Waals surface area contributed by atoms with E-state index < -0.39 is 10.0 Å². The molecule has 1 N–H and O–H groups in total. The van der Waals surface area contributed by atoms with Gasteiger partial charge in [0, 0.05) is 37.4 Å². The molecule has 0 bridgehead atoms. The molecular formula is C15H20N6O2S. The summed E-state index contributed by atoms with van der Waals surface area (Å²) in [5, 5.41) is 5.30. The molecule has 0 aromatic carbocycles. The van der Waals surface area contributed by atoms with Gasteiger partial charge in [0.05, 0.1) is 23.7 Å². The van der Waals surface area contributed by atoms with E-state index in [0.29, 0.717) is 6.42 Å². The third-order valence-electron chi connectivity index (χ3n) is 4.03. The first kappa shape index (κ1) is 16.6. The second-order valence-electron chi connectivity index (χ2n) is 5.91. The Morgan fingerprint density at radius 3 is 2.88 bits per heavy atom. The van der Waals surface area contributed by atoms with E-state index in [2.05, 4.69) is 20.1 Å². The van der Waals surface area contributed by atoms with Crippen LogP contribution >= 0.6 is 0 Å². The van der Waals surface area contributed by atoms with Crippen LogP contribution in [0.5, 0.6) is 0 Å². The van der Waals surface area contributed by atoms with Crippen molar-refractivity contribution in [3.8, 4) is 11.3 Å². The SMILES string of the molecule is CC(CCS(=O)(=O)N(C)C)n1cc(-c2ncnc3[nH]ccc23)cn1. The molecule has 0 fully saturated rings. The molecule has 0 saturated heterocycles. The Morgan fingerprint density at radius 2 is 2.12 bits per heavy atom. The van der Waals surface area contributed by atoms with Crippen LogP contribution in [0.3, 0.4) is 0 Å². The van der Waals surface area contributed by atoms with Gasteiger partial charge >= 0.3 is 0 Å². The zero-order valence-corrected chi connectivity index (χ0v) is 14.7. The topological polar surface area (TPSA) is 96.8 Å². The summed E-state index contributed by atoms with van der Waals surface area (Å²) in [5.74, 6) is 0.0892. The van der Waals surface area contributed by atoms with Crippen molar-refractivity contribution in [2.75, 3.05) is 19.8 Å². The van der Waals surface area contributed by atoms with Crippen molar-refractivity contribution >= 4 is 21.1 Å². The maximum Gasteiger partial charge on any atom is 0.213 e. The Bertz CT molecular complexity index is 944. The number of rotatable bonds is 6. The molecule has 0 spiro atoms. The summed E-state index contributed by atoms with van der Waals surface area (Å²) in [5.41, 5.74) is 2.46. The molecule has 1 atom stereocenters. The Labute approximate surface area is 140 Å². The van der Waals surface area contributed by atoms with E-state index in [9.17, 15) is 8.42 Å². The van der Waals surface area contributed by atoms with E-state index in [1.54, 1.807) is 25.0 Å². The minimum atomic E-state index is -3.20. The molecule has 0 radical (unpaired) electrons. The van der Waals surface area contributed by atoms with Gasteiger partial charge in [-0.05, 0) is 19.4 Å². The predicted molar refractivity (Wildman–Crippen MR) is 91.9 cm³/mol. The van der Waals surface area contributed by atoms with Crippen LogP contribution in [0, 0.1) is 0 Å². The van der Waals surface area contributed by atoms with Crippen LogP contribution in [-0.4, -0.2) is 57.3 Å². The van der Waals surface area contributed by atoms with Crippen LogP contribution in [0.25, 0.3) is 22.3 Å². The third-order valence-corrected chi connectivity index (χ3v) is 5.89. The molecule has 0 aliphatic heterocycles. The average molecular weight is 348 g/mol. The molecule has 3 aromatic rings. The number of aromatic nitrogens is 5. The normalized spacial score (nSPS) is 13.7. The first-order valence-electron chi connectivity index (χ1n) is 7.61. The number of aromatic amines is 1. The highest BCUT2D eigenvalue weighted by molar-refractivity contribution is 7.89. The summed E-state index contributed by atoms with van der Waals surface area (Å²) < 4.78 is 26.8. The molecule has 8 nitrogen and oxygen atoms in total. The summed E-state index contributed by atoms with van der Waals surface area (Å²) >= 11 is 0. The van der Waals surface area contributed by atoms with E-state index in [4.69, 9.17) is 0 Å². The Balaban J connectivity index is 1.79. The molecule has 128 valence electrons. The lowest BCUT2D eigenvalue weighted by molar-refractivity contribution is 0.464. The van der Waals surface area contributed by atoms with Crippen LogP contribution in [-0.2, 0) is 10.0 Å². The summed E-state index contributed by atoms with van der Waals surface area (Å²) in [6.07, 6.45) is 7.46. The molecule has 0 amide bonds. The standard InChI is InChI=1S/C15H20N6O2S/c1-11(5-7-24(22,23)20(2)3)21-9-12(8-19-21)14-13-4-6-16-15(13)18-10-17-14/h4,6,8-11H,5,7H2,1-3H3,(H,16,17,18). The van der Waals surface area contributed by atoms with Gasteiger partial charge in [0.25, 0.3) is 0 Å². The van der Waals surface area contributed by atoms with Crippen LogP contribution < -0.4 is 0 Å². The molecular weight excluding hydrogens is 328 g/mol. The third kappa shape index (κ3) is 3.17. The quantitative estimate of drug-likeness (QED) is 0.731. The summed E-state index contributed by atoms with van der Waals surface area (Å²) in [4.78, 5) is 11.6. The minimum Gasteiger partial charge on any atom is -0.346 e. The van der Waals surface area contributed by atoms with E-state index in [1.807, 2.05) is 25.4 Å². The Morgan fingerprint density at radius 1 is 1.33 bits per heavy atom. The summed E-state index contributed by atoms with van der Waals surface area (Å²) in [6.45, 7) is 1.95. The van der Waals surface area contributed by atoms with Gasteiger partial charge in [0.2, 0.25) is 10.0 Å². The fourth-order valence-electron chi connectivity index (χ4n) is 2.44. The summed E-state index contributed by atoms with van der Waals surface area (Å²) in [7, 11) is -0.111. The van der Waals surface area contributed by atoms with E-state index >= 15 is 0 Å². The van der Waals surface area contributed by atoms with Crippen molar-refractivity contribution < 1.29 is 8.42 Å². The zero-order valence-electron chi connectivity index (χ0n) is 13.8. The number of H-pyrrole nitrogens is 1. The van der Waals surface area contributed by atoms with Crippen LogP contribution in [0.1, 0.15) is 19.4 Å². The fourth-order valence-corrected chi connectivity index (χ4v) is 3.44. The number of hydrogen-bond donors (Lipinski definition) is 1. The predicted octanol–water partition coefficient (Wildman–Crippen LogP) is 1.66. The second-order valence-corrected chi connectivity index (χ2v) is 8.21. The molecule has 0 aliphatic carbocycles. The van der Waals surface area contributed by atoms with Gasteiger partial charge in [0.15, 0.2) is 0 Å². The lowest BCUT2D eigenvalue weighted by atomic mass is 10.2. The van der Waals surface area contributed by atoms with Crippen molar-refractivity contribution in [3.05, 3.63) is 31.0 Å². The maximum atomic E-state index is 11.9. The lowest BCUT2D eigenvalue weighted by Gasteiger charge is -2.15. The number of nitrogens with zero attached hydrogens (tertiary/aromatic N) is 5. The summed E-state index contributed by atoms with van der Waals surface area (Å²) in [6, 6.07) is 1.90. The van der Waals surface area contributed by atoms with E-state index in [0.717, 1.165) is 22.3 Å². The van der Waals surface area contributed by atoms with Crippen molar-refractivity contribution in [2.24, 2.45) is 0 Å². The van der Waals surface area contributed by atoms with Gasteiger partial charge in [-0.3, -0.25) is 4.68 Å². The second kappa shape index (κ2) is 6.33. The van der Waals surface area contributed by atoms with Crippen molar-refractivity contribution in [1.82, 2.24) is 29.0 Å². The van der Waals surface area contributed by atoms with Gasteiger partial charge in [-0.15, -0.1) is 0 Å². The first-order chi connectivity index (χ1) is 11.4. The van der Waals surface area contributed by atoms with Gasteiger partial charge < -0.3 is 4.98 Å². The molecule has 0 aliphatic rings. The molecule has 24 heavy (non-hydrogen) atoms. The molecule has 9 heteroatoms. The Kier molecular flexibility index (Phi) is 4.37. The highest BCUT2D eigenvalue weighted by Gasteiger charge is 2.17. The van der Waals surface area contributed by atoms with Gasteiger partial charge in [-0.2, -0.15) is 5.10 Å². The number of nitrogens with one attached hydrogen (secondary N) is 1. The van der Waals surface area contributed by atoms with Crippen molar-refractivity contribution in [1.29, 1.82) is 0 Å². The van der Waals surface area contributed by atoms with E-state index in [-0.39, 0.29) is 11.8 Å². The van der Waals surface area contributed by atoms with Crippen LogP contribution in [0.2, 0.25) is 0 Å². The molecule has 1 unspecified atom stereocenters. The van der Waals surface area contributed by atoms with Crippen LogP contribution in [0.15, 0.2) is 31.0 Å². The number of sulfonamides is 1. The van der Waals surface area contributed by atoms with Crippen molar-refractivity contribution in [3.63, 3.8) is 0 Å². The Hall–Kier alpha value is -2.26. The van der Waals surface area contributed by atoms with E-state index in [1.165, 1.54) is 10.6 Å². The zero-order chi connectivity index (χ0) is 17.3. The number of hydrogen-bond acceptors (Lipinski definition) is 5. The number of fused-ring (bicyclic) bond motifs is 1. The molecule has 0 saturated carbocycles. The highest BCUT2D eigenvalue weighted by Crippen LogP contribution is 2.25. The average Bonchev–Trinajstić information content (AvgIpc) is 3.21. The molecule has 3 heterocycles. The largest absolute Gasteiger partial charge is 0.346 e. The first-order valence-corrected chi connectivity index (χ1v) is 9.22. The highest BCUT2D eigenvalue weighted by atomic mass is 32.2. The molecule has 3 aromatic heterocycles. The van der Waals surface area contributed by atoms with Crippen LogP contribution in [0.4, 0.5) is 0 Å². The van der Waals surface area contributed by atoms with Gasteiger partial charge in [-0.25, -0.2) is 22.7 Å². The van der Waals surface area contributed by atoms with Crippen molar-refractivity contribution in [2.45, 2.75) is 19.4 Å². The lowest BCUT2D eigenvalue weighted by Crippen LogP contribution is -2.26. The van der Waals surface area contributed by atoms with Gasteiger partial charge in [-0.1, -0.05) is 0 Å². The minimum absolute atomic E-state index is 0.0305. The monoisotopic (exact) mass is 348 g/mol. The molecule has 3 rings (SSSR count). The van der Waals surface area contributed by atoms with Gasteiger partial charge in [0.1, 0.15) is 12.0 Å².